The topological polar surface area (TPSA) is 42.4 Å². The van der Waals surface area contributed by atoms with E-state index in [1.54, 1.807) is 6.26 Å². The van der Waals surface area contributed by atoms with Crippen LogP contribution in [0.1, 0.15) is 51.7 Å². The second kappa shape index (κ2) is 6.77. The molecule has 0 spiro atoms. The van der Waals surface area contributed by atoms with Crippen LogP contribution in [0.3, 0.4) is 0 Å². The molecule has 1 heterocycles. The smallest absolute Gasteiger partial charge is 0.117 e. The van der Waals surface area contributed by atoms with Crippen LogP contribution in [0.5, 0.6) is 0 Å². The molecule has 2 unspecified atom stereocenters. The van der Waals surface area contributed by atoms with Gasteiger partial charge in [-0.25, -0.2) is 0 Å². The first kappa shape index (κ1) is 15.6. The standard InChI is InChI=1S/C17H30N2O/c1-14(2)10-15-6-4-8-17(11-15,13-18)19(3)12-16-7-5-9-20-16/h5,7,9,14-15H,4,6,8,10-13,18H2,1-3H3. The lowest BCUT2D eigenvalue weighted by Gasteiger charge is -2.47. The summed E-state index contributed by atoms with van der Waals surface area (Å²) in [6.45, 7) is 6.26. The fourth-order valence-electron chi connectivity index (χ4n) is 3.82. The van der Waals surface area contributed by atoms with Crippen molar-refractivity contribution in [3.8, 4) is 0 Å². The van der Waals surface area contributed by atoms with Gasteiger partial charge in [-0.1, -0.05) is 26.7 Å². The van der Waals surface area contributed by atoms with Gasteiger partial charge in [0.05, 0.1) is 12.8 Å². The van der Waals surface area contributed by atoms with Crippen molar-refractivity contribution >= 4 is 0 Å². The van der Waals surface area contributed by atoms with Gasteiger partial charge in [0.1, 0.15) is 5.76 Å². The molecule has 20 heavy (non-hydrogen) atoms. The molecular formula is C17H30N2O. The molecule has 0 radical (unpaired) electrons. The van der Waals surface area contributed by atoms with E-state index in [1.807, 2.05) is 6.07 Å². The van der Waals surface area contributed by atoms with Crippen LogP contribution in [0.15, 0.2) is 22.8 Å². The van der Waals surface area contributed by atoms with Gasteiger partial charge in [0.15, 0.2) is 0 Å². The molecule has 2 atom stereocenters. The minimum Gasteiger partial charge on any atom is -0.468 e. The van der Waals surface area contributed by atoms with Gasteiger partial charge in [0, 0.05) is 12.1 Å². The van der Waals surface area contributed by atoms with Crippen molar-refractivity contribution < 1.29 is 4.42 Å². The van der Waals surface area contributed by atoms with Crippen molar-refractivity contribution in [1.82, 2.24) is 4.90 Å². The molecule has 0 aliphatic heterocycles. The van der Waals surface area contributed by atoms with Crippen LogP contribution in [-0.4, -0.2) is 24.0 Å². The van der Waals surface area contributed by atoms with E-state index in [4.69, 9.17) is 10.2 Å². The number of likely N-dealkylation sites (N-methyl/N-ethyl adjacent to an activating group) is 1. The lowest BCUT2D eigenvalue weighted by Crippen LogP contribution is -2.54. The number of hydrogen-bond acceptors (Lipinski definition) is 3. The molecule has 1 saturated carbocycles. The summed E-state index contributed by atoms with van der Waals surface area (Å²) in [5.74, 6) is 2.64. The molecule has 3 heteroatoms. The van der Waals surface area contributed by atoms with Gasteiger partial charge in [0.2, 0.25) is 0 Å². The molecule has 1 fully saturated rings. The molecule has 2 rings (SSSR count). The largest absolute Gasteiger partial charge is 0.468 e. The lowest BCUT2D eigenvalue weighted by atomic mass is 9.72. The first-order valence-corrected chi connectivity index (χ1v) is 7.99. The summed E-state index contributed by atoms with van der Waals surface area (Å²) in [5.41, 5.74) is 6.35. The molecule has 0 bridgehead atoms. The third kappa shape index (κ3) is 3.64. The Kier molecular flexibility index (Phi) is 5.28. The van der Waals surface area contributed by atoms with Gasteiger partial charge in [-0.05, 0) is 50.3 Å². The fourth-order valence-corrected chi connectivity index (χ4v) is 3.82. The maximum Gasteiger partial charge on any atom is 0.117 e. The molecular weight excluding hydrogens is 248 g/mol. The Morgan fingerprint density at radius 3 is 2.90 bits per heavy atom. The minimum absolute atomic E-state index is 0.157. The van der Waals surface area contributed by atoms with Gasteiger partial charge in [-0.15, -0.1) is 0 Å². The highest BCUT2D eigenvalue weighted by Crippen LogP contribution is 2.39. The van der Waals surface area contributed by atoms with Crippen molar-refractivity contribution in [2.75, 3.05) is 13.6 Å². The number of nitrogens with two attached hydrogens (primary N) is 1. The van der Waals surface area contributed by atoms with E-state index in [-0.39, 0.29) is 5.54 Å². The predicted molar refractivity (Wildman–Crippen MR) is 83.4 cm³/mol. The Morgan fingerprint density at radius 2 is 2.30 bits per heavy atom. The van der Waals surface area contributed by atoms with Crippen molar-refractivity contribution in [3.05, 3.63) is 24.2 Å². The number of nitrogens with zero attached hydrogens (tertiary/aromatic N) is 1. The summed E-state index contributed by atoms with van der Waals surface area (Å²) < 4.78 is 5.49. The van der Waals surface area contributed by atoms with E-state index < -0.39 is 0 Å². The third-order valence-electron chi connectivity index (χ3n) is 4.89. The third-order valence-corrected chi connectivity index (χ3v) is 4.89. The SMILES string of the molecule is CC(C)CC1CCCC(CN)(N(C)Cc2ccco2)C1. The van der Waals surface area contributed by atoms with E-state index in [0.717, 1.165) is 30.7 Å². The number of furan rings is 1. The molecule has 0 amide bonds. The summed E-state index contributed by atoms with van der Waals surface area (Å²) in [6.07, 6.45) is 8.21. The molecule has 114 valence electrons. The quantitative estimate of drug-likeness (QED) is 0.863. The predicted octanol–water partition coefficient (Wildman–Crippen LogP) is 3.65. The van der Waals surface area contributed by atoms with E-state index in [9.17, 15) is 0 Å². The molecule has 1 aliphatic carbocycles. The molecule has 2 N–H and O–H groups in total. The van der Waals surface area contributed by atoms with Crippen molar-refractivity contribution in [2.45, 2.75) is 58.0 Å². The van der Waals surface area contributed by atoms with E-state index in [0.29, 0.717) is 0 Å². The lowest BCUT2D eigenvalue weighted by molar-refractivity contribution is 0.0416. The van der Waals surface area contributed by atoms with Crippen molar-refractivity contribution in [3.63, 3.8) is 0 Å². The summed E-state index contributed by atoms with van der Waals surface area (Å²) >= 11 is 0. The summed E-state index contributed by atoms with van der Waals surface area (Å²) in [7, 11) is 2.20. The van der Waals surface area contributed by atoms with Crippen LogP contribution >= 0.6 is 0 Å². The van der Waals surface area contributed by atoms with E-state index >= 15 is 0 Å². The normalized spacial score (nSPS) is 27.4. The molecule has 1 aromatic heterocycles. The van der Waals surface area contributed by atoms with Crippen LogP contribution in [-0.2, 0) is 6.54 Å². The summed E-state index contributed by atoms with van der Waals surface area (Å²) in [5, 5.41) is 0. The Bertz CT molecular complexity index is 388. The summed E-state index contributed by atoms with van der Waals surface area (Å²) in [6, 6.07) is 4.01. The van der Waals surface area contributed by atoms with Gasteiger partial charge in [-0.2, -0.15) is 0 Å². The second-order valence-electron chi connectivity index (χ2n) is 6.96. The average molecular weight is 278 g/mol. The van der Waals surface area contributed by atoms with E-state index in [1.165, 1.54) is 32.1 Å². The Balaban J connectivity index is 2.03. The molecule has 0 saturated heterocycles. The number of rotatable bonds is 6. The number of hydrogen-bond donors (Lipinski definition) is 1. The van der Waals surface area contributed by atoms with Crippen LogP contribution in [0.4, 0.5) is 0 Å². The maximum atomic E-state index is 6.19. The van der Waals surface area contributed by atoms with Gasteiger partial charge in [-0.3, -0.25) is 4.90 Å². The Hall–Kier alpha value is -0.800. The van der Waals surface area contributed by atoms with Gasteiger partial charge in [0.25, 0.3) is 0 Å². The highest BCUT2D eigenvalue weighted by atomic mass is 16.3. The zero-order valence-corrected chi connectivity index (χ0v) is 13.3. The van der Waals surface area contributed by atoms with Crippen LogP contribution < -0.4 is 5.73 Å². The highest BCUT2D eigenvalue weighted by molar-refractivity contribution is 5.02. The zero-order chi connectivity index (χ0) is 14.6. The van der Waals surface area contributed by atoms with Crippen LogP contribution in [0.25, 0.3) is 0 Å². The van der Waals surface area contributed by atoms with Gasteiger partial charge < -0.3 is 10.2 Å². The highest BCUT2D eigenvalue weighted by Gasteiger charge is 2.38. The summed E-state index contributed by atoms with van der Waals surface area (Å²) in [4.78, 5) is 2.43. The average Bonchev–Trinajstić information content (AvgIpc) is 2.91. The molecule has 1 aromatic rings. The molecule has 1 aliphatic rings. The molecule has 3 nitrogen and oxygen atoms in total. The second-order valence-corrected chi connectivity index (χ2v) is 6.96. The Morgan fingerprint density at radius 1 is 1.50 bits per heavy atom. The minimum atomic E-state index is 0.157. The first-order chi connectivity index (χ1) is 9.55. The molecule has 0 aromatic carbocycles. The van der Waals surface area contributed by atoms with Crippen LogP contribution in [0.2, 0.25) is 0 Å². The first-order valence-electron chi connectivity index (χ1n) is 7.99. The Labute approximate surface area is 123 Å². The van der Waals surface area contributed by atoms with Crippen molar-refractivity contribution in [1.29, 1.82) is 0 Å². The van der Waals surface area contributed by atoms with Crippen molar-refractivity contribution in [2.24, 2.45) is 17.6 Å². The monoisotopic (exact) mass is 278 g/mol. The maximum absolute atomic E-state index is 6.19. The van der Waals surface area contributed by atoms with E-state index in [2.05, 4.69) is 31.9 Å². The van der Waals surface area contributed by atoms with Gasteiger partial charge >= 0.3 is 0 Å². The fraction of sp³-hybridized carbons (Fsp3) is 0.765. The zero-order valence-electron chi connectivity index (χ0n) is 13.3. The van der Waals surface area contributed by atoms with Crippen LogP contribution in [0, 0.1) is 11.8 Å².